The zero-order valence-electron chi connectivity index (χ0n) is 29.2. The summed E-state index contributed by atoms with van der Waals surface area (Å²) in [5.74, 6) is 0. The van der Waals surface area contributed by atoms with E-state index in [1.54, 1.807) is 0 Å². The van der Waals surface area contributed by atoms with Crippen molar-refractivity contribution in [2.24, 2.45) is 0 Å². The smallest absolute Gasteiger partial charge is 0.0540 e. The van der Waals surface area contributed by atoms with Gasteiger partial charge in [0.15, 0.2) is 0 Å². The Labute approximate surface area is 309 Å². The van der Waals surface area contributed by atoms with Crippen LogP contribution in [0.2, 0.25) is 0 Å². The molecule has 10 aromatic rings. The highest BCUT2D eigenvalue weighted by molar-refractivity contribution is 6.16. The standard InChI is InChI=1S/C52H35N/c1-2-17-36(18-3-1)41-33-34-52(47-27-11-10-25-43(41)47)53(50-31-14-12-28-46(50)44-30-16-21-37-19-4-6-22-39(37)44)51-32-15-13-29-48(51)49-35-38-20-5-7-23-40(38)42-24-8-9-26-45(42)49/h1-35H. The number of hydrogen-bond acceptors (Lipinski definition) is 1. The Morgan fingerprint density at radius 3 is 1.45 bits per heavy atom. The van der Waals surface area contributed by atoms with Crippen LogP contribution in [0.5, 0.6) is 0 Å². The molecule has 0 N–H and O–H groups in total. The van der Waals surface area contributed by atoms with Gasteiger partial charge >= 0.3 is 0 Å². The molecule has 1 nitrogen and oxygen atoms in total. The van der Waals surface area contributed by atoms with Crippen molar-refractivity contribution in [1.82, 2.24) is 0 Å². The topological polar surface area (TPSA) is 3.24 Å². The summed E-state index contributed by atoms with van der Waals surface area (Å²) in [6.45, 7) is 0. The summed E-state index contributed by atoms with van der Waals surface area (Å²) >= 11 is 0. The lowest BCUT2D eigenvalue weighted by atomic mass is 9.91. The van der Waals surface area contributed by atoms with Crippen LogP contribution in [0, 0.1) is 0 Å². The van der Waals surface area contributed by atoms with Crippen molar-refractivity contribution in [1.29, 1.82) is 0 Å². The number of hydrogen-bond donors (Lipinski definition) is 0. The Balaban J connectivity index is 1.30. The third-order valence-electron chi connectivity index (χ3n) is 10.7. The van der Waals surface area contributed by atoms with Gasteiger partial charge in [0.1, 0.15) is 0 Å². The fourth-order valence-corrected chi connectivity index (χ4v) is 8.27. The van der Waals surface area contributed by atoms with E-state index < -0.39 is 0 Å². The van der Waals surface area contributed by atoms with Crippen molar-refractivity contribution >= 4 is 60.2 Å². The largest absolute Gasteiger partial charge is 0.309 e. The summed E-state index contributed by atoms with van der Waals surface area (Å²) in [7, 11) is 0. The minimum Gasteiger partial charge on any atom is -0.309 e. The Morgan fingerprint density at radius 1 is 0.226 bits per heavy atom. The third kappa shape index (κ3) is 5.25. The minimum atomic E-state index is 1.12. The number of anilines is 3. The van der Waals surface area contributed by atoms with E-state index in [4.69, 9.17) is 0 Å². The molecule has 0 radical (unpaired) electrons. The van der Waals surface area contributed by atoms with Crippen LogP contribution in [0.25, 0.3) is 76.5 Å². The second kappa shape index (κ2) is 13.0. The fraction of sp³-hybridized carbons (Fsp3) is 0. The summed E-state index contributed by atoms with van der Waals surface area (Å²) < 4.78 is 0. The fourth-order valence-electron chi connectivity index (χ4n) is 8.27. The van der Waals surface area contributed by atoms with Crippen molar-refractivity contribution < 1.29 is 0 Å². The van der Waals surface area contributed by atoms with Crippen molar-refractivity contribution in [3.05, 3.63) is 212 Å². The lowest BCUT2D eigenvalue weighted by Gasteiger charge is -2.31. The van der Waals surface area contributed by atoms with Crippen LogP contribution in [-0.4, -0.2) is 0 Å². The molecular formula is C52H35N. The van der Waals surface area contributed by atoms with Gasteiger partial charge in [-0.25, -0.2) is 0 Å². The van der Waals surface area contributed by atoms with Gasteiger partial charge < -0.3 is 4.90 Å². The van der Waals surface area contributed by atoms with Crippen molar-refractivity contribution in [2.75, 3.05) is 4.90 Å². The monoisotopic (exact) mass is 673 g/mol. The average molecular weight is 674 g/mol. The Hall–Kier alpha value is -6.96. The second-order valence-corrected chi connectivity index (χ2v) is 13.6. The SMILES string of the molecule is c1ccc(-c2ccc(N(c3ccccc3-c3cccc4ccccc34)c3ccccc3-c3cc4ccccc4c4ccccc34)c3ccccc23)cc1. The van der Waals surface area contributed by atoms with E-state index >= 15 is 0 Å². The lowest BCUT2D eigenvalue weighted by Crippen LogP contribution is -2.13. The zero-order chi connectivity index (χ0) is 35.1. The van der Waals surface area contributed by atoms with E-state index in [0.717, 1.165) is 17.1 Å². The van der Waals surface area contributed by atoms with E-state index in [2.05, 4.69) is 217 Å². The average Bonchev–Trinajstić information content (AvgIpc) is 3.24. The Kier molecular flexibility index (Phi) is 7.55. The molecule has 1 heteroatoms. The molecule has 0 saturated carbocycles. The van der Waals surface area contributed by atoms with Crippen LogP contribution in [0.3, 0.4) is 0 Å². The van der Waals surface area contributed by atoms with E-state index in [1.165, 1.54) is 76.5 Å². The molecule has 0 amide bonds. The summed E-state index contributed by atoms with van der Waals surface area (Å²) in [6, 6.07) is 77.3. The van der Waals surface area contributed by atoms with E-state index in [9.17, 15) is 0 Å². The minimum absolute atomic E-state index is 1.12. The molecule has 0 unspecified atom stereocenters. The van der Waals surface area contributed by atoms with Gasteiger partial charge in [0, 0.05) is 16.5 Å². The molecule has 10 rings (SSSR count). The molecule has 0 atom stereocenters. The van der Waals surface area contributed by atoms with Crippen LogP contribution in [-0.2, 0) is 0 Å². The zero-order valence-corrected chi connectivity index (χ0v) is 29.2. The Morgan fingerprint density at radius 2 is 0.717 bits per heavy atom. The summed E-state index contributed by atoms with van der Waals surface area (Å²) in [6.07, 6.45) is 0. The molecule has 0 aromatic heterocycles. The molecule has 10 aromatic carbocycles. The quantitative estimate of drug-likeness (QED) is 0.159. The first kappa shape index (κ1) is 30.8. The van der Waals surface area contributed by atoms with Gasteiger partial charge in [-0.3, -0.25) is 0 Å². The van der Waals surface area contributed by atoms with Gasteiger partial charge in [-0.15, -0.1) is 0 Å². The summed E-state index contributed by atoms with van der Waals surface area (Å²) in [5.41, 5.74) is 10.6. The Bertz CT molecular complexity index is 2950. The molecule has 53 heavy (non-hydrogen) atoms. The number of fused-ring (bicyclic) bond motifs is 5. The number of benzene rings is 10. The van der Waals surface area contributed by atoms with Crippen LogP contribution >= 0.6 is 0 Å². The van der Waals surface area contributed by atoms with Crippen molar-refractivity contribution in [3.8, 4) is 33.4 Å². The highest BCUT2D eigenvalue weighted by Crippen LogP contribution is 2.49. The maximum atomic E-state index is 2.51. The van der Waals surface area contributed by atoms with E-state index in [0.29, 0.717) is 0 Å². The van der Waals surface area contributed by atoms with Gasteiger partial charge in [0.05, 0.1) is 17.1 Å². The molecule has 0 bridgehead atoms. The van der Waals surface area contributed by atoms with E-state index in [1.807, 2.05) is 0 Å². The lowest BCUT2D eigenvalue weighted by molar-refractivity contribution is 1.30. The van der Waals surface area contributed by atoms with Gasteiger partial charge in [-0.05, 0) is 84.2 Å². The van der Waals surface area contributed by atoms with Gasteiger partial charge in [-0.1, -0.05) is 188 Å². The normalized spacial score (nSPS) is 11.4. The molecule has 0 heterocycles. The molecule has 0 spiro atoms. The van der Waals surface area contributed by atoms with Gasteiger partial charge in [0.2, 0.25) is 0 Å². The highest BCUT2D eigenvalue weighted by Gasteiger charge is 2.24. The van der Waals surface area contributed by atoms with Crippen LogP contribution in [0.15, 0.2) is 212 Å². The van der Waals surface area contributed by atoms with Gasteiger partial charge in [-0.2, -0.15) is 0 Å². The predicted molar refractivity (Wildman–Crippen MR) is 227 cm³/mol. The first-order chi connectivity index (χ1) is 26.3. The molecule has 0 fully saturated rings. The molecule has 0 aliphatic carbocycles. The maximum absolute atomic E-state index is 2.51. The van der Waals surface area contributed by atoms with Crippen LogP contribution in [0.4, 0.5) is 17.1 Å². The third-order valence-corrected chi connectivity index (χ3v) is 10.7. The van der Waals surface area contributed by atoms with Crippen LogP contribution < -0.4 is 4.90 Å². The van der Waals surface area contributed by atoms with Crippen molar-refractivity contribution in [2.45, 2.75) is 0 Å². The highest BCUT2D eigenvalue weighted by atomic mass is 15.1. The number of para-hydroxylation sites is 2. The molecule has 0 aliphatic heterocycles. The number of nitrogens with zero attached hydrogens (tertiary/aromatic N) is 1. The molecule has 0 saturated heterocycles. The first-order valence-corrected chi connectivity index (χ1v) is 18.3. The molecular weight excluding hydrogens is 639 g/mol. The van der Waals surface area contributed by atoms with Gasteiger partial charge in [0.25, 0.3) is 0 Å². The predicted octanol–water partition coefficient (Wildman–Crippen LogP) is 14.8. The van der Waals surface area contributed by atoms with Crippen LogP contribution in [0.1, 0.15) is 0 Å². The van der Waals surface area contributed by atoms with E-state index in [-0.39, 0.29) is 0 Å². The number of rotatable bonds is 6. The molecule has 248 valence electrons. The summed E-state index contributed by atoms with van der Waals surface area (Å²) in [4.78, 5) is 2.51. The summed E-state index contributed by atoms with van der Waals surface area (Å²) in [5, 5.41) is 9.88. The molecule has 0 aliphatic rings. The first-order valence-electron chi connectivity index (χ1n) is 18.3. The maximum Gasteiger partial charge on any atom is 0.0540 e. The second-order valence-electron chi connectivity index (χ2n) is 13.6. The van der Waals surface area contributed by atoms with Crippen molar-refractivity contribution in [3.63, 3.8) is 0 Å².